The summed E-state index contributed by atoms with van der Waals surface area (Å²) in [6, 6.07) is 7.88. The Balaban J connectivity index is 1.62. The zero-order chi connectivity index (χ0) is 19.1. The summed E-state index contributed by atoms with van der Waals surface area (Å²) < 4.78 is 0. The van der Waals surface area contributed by atoms with Crippen LogP contribution in [0.3, 0.4) is 0 Å². The standard InChI is InChI=1S/C21H32N4O2/c1-2-11-24-14-8-15-25(17-20(24)26)21(27)22-18-9-7-10-19(16-18)23-12-5-3-4-6-13-23/h7,9-10,16H,2-6,8,11-15,17H2,1H3,(H,22,27). The van der Waals surface area contributed by atoms with Gasteiger partial charge in [0.25, 0.3) is 0 Å². The van der Waals surface area contributed by atoms with Gasteiger partial charge in [-0.2, -0.15) is 0 Å². The molecule has 0 saturated carbocycles. The normalized spacial score (nSPS) is 18.9. The Morgan fingerprint density at radius 2 is 1.81 bits per heavy atom. The fourth-order valence-corrected chi connectivity index (χ4v) is 3.91. The second kappa shape index (κ2) is 9.62. The molecule has 0 aliphatic carbocycles. The third-order valence-corrected chi connectivity index (χ3v) is 5.38. The van der Waals surface area contributed by atoms with Gasteiger partial charge in [-0.05, 0) is 43.9 Å². The van der Waals surface area contributed by atoms with E-state index in [0.717, 1.165) is 50.4 Å². The van der Waals surface area contributed by atoms with Crippen LogP contribution in [0.15, 0.2) is 24.3 Å². The van der Waals surface area contributed by atoms with Crippen molar-refractivity contribution >= 4 is 23.3 Å². The molecule has 27 heavy (non-hydrogen) atoms. The van der Waals surface area contributed by atoms with E-state index in [4.69, 9.17) is 0 Å². The molecule has 148 valence electrons. The van der Waals surface area contributed by atoms with E-state index < -0.39 is 0 Å². The zero-order valence-corrected chi connectivity index (χ0v) is 16.5. The van der Waals surface area contributed by atoms with Gasteiger partial charge < -0.3 is 20.0 Å². The van der Waals surface area contributed by atoms with Crippen molar-refractivity contribution in [3.8, 4) is 0 Å². The van der Waals surface area contributed by atoms with E-state index in [0.29, 0.717) is 6.54 Å². The monoisotopic (exact) mass is 372 g/mol. The van der Waals surface area contributed by atoms with Crippen LogP contribution in [0.2, 0.25) is 0 Å². The van der Waals surface area contributed by atoms with E-state index in [2.05, 4.69) is 23.2 Å². The summed E-state index contributed by atoms with van der Waals surface area (Å²) >= 11 is 0. The number of carbonyl (C=O) groups excluding carboxylic acids is 2. The molecule has 0 unspecified atom stereocenters. The molecule has 2 heterocycles. The van der Waals surface area contributed by atoms with Crippen LogP contribution in [0.5, 0.6) is 0 Å². The van der Waals surface area contributed by atoms with Crippen molar-refractivity contribution in [3.05, 3.63) is 24.3 Å². The predicted octanol–water partition coefficient (Wildman–Crippen LogP) is 3.54. The van der Waals surface area contributed by atoms with Crippen LogP contribution in [0.25, 0.3) is 0 Å². The smallest absolute Gasteiger partial charge is 0.322 e. The largest absolute Gasteiger partial charge is 0.371 e. The molecule has 2 fully saturated rings. The fourth-order valence-electron chi connectivity index (χ4n) is 3.91. The number of anilines is 2. The zero-order valence-electron chi connectivity index (χ0n) is 16.5. The number of amides is 3. The van der Waals surface area contributed by atoms with Gasteiger partial charge in [-0.25, -0.2) is 4.79 Å². The first-order chi connectivity index (χ1) is 13.2. The summed E-state index contributed by atoms with van der Waals surface area (Å²) in [5, 5.41) is 2.99. The van der Waals surface area contributed by atoms with E-state index >= 15 is 0 Å². The molecule has 2 aliphatic heterocycles. The molecular formula is C21H32N4O2. The van der Waals surface area contributed by atoms with E-state index in [1.807, 2.05) is 23.1 Å². The van der Waals surface area contributed by atoms with Crippen LogP contribution in [-0.4, -0.2) is 61.0 Å². The minimum Gasteiger partial charge on any atom is -0.371 e. The first-order valence-electron chi connectivity index (χ1n) is 10.4. The van der Waals surface area contributed by atoms with Gasteiger partial charge in [0.15, 0.2) is 0 Å². The van der Waals surface area contributed by atoms with Crippen molar-refractivity contribution in [2.24, 2.45) is 0 Å². The lowest BCUT2D eigenvalue weighted by atomic mass is 10.2. The third kappa shape index (κ3) is 5.37. The number of urea groups is 1. The molecule has 2 saturated heterocycles. The molecule has 1 aromatic carbocycles. The van der Waals surface area contributed by atoms with E-state index in [-0.39, 0.29) is 18.5 Å². The minimum atomic E-state index is -0.185. The molecule has 6 nitrogen and oxygen atoms in total. The summed E-state index contributed by atoms with van der Waals surface area (Å²) in [6.45, 7) is 6.50. The van der Waals surface area contributed by atoms with Crippen LogP contribution >= 0.6 is 0 Å². The number of benzene rings is 1. The number of rotatable bonds is 4. The number of carbonyl (C=O) groups is 2. The molecule has 0 bridgehead atoms. The first-order valence-corrected chi connectivity index (χ1v) is 10.4. The molecule has 0 spiro atoms. The Morgan fingerprint density at radius 1 is 1.04 bits per heavy atom. The molecule has 0 radical (unpaired) electrons. The molecular weight excluding hydrogens is 340 g/mol. The lowest BCUT2D eigenvalue weighted by molar-refractivity contribution is -0.130. The lowest BCUT2D eigenvalue weighted by Crippen LogP contribution is -2.41. The summed E-state index contributed by atoms with van der Waals surface area (Å²) in [4.78, 5) is 31.0. The number of nitrogens with zero attached hydrogens (tertiary/aromatic N) is 3. The van der Waals surface area contributed by atoms with Crippen molar-refractivity contribution in [2.75, 3.05) is 49.5 Å². The van der Waals surface area contributed by atoms with E-state index in [9.17, 15) is 9.59 Å². The molecule has 1 aromatic rings. The average Bonchev–Trinajstić information content (AvgIpc) is 3.04. The van der Waals surface area contributed by atoms with Crippen LogP contribution < -0.4 is 10.2 Å². The summed E-state index contributed by atoms with van der Waals surface area (Å²) in [7, 11) is 0. The van der Waals surface area contributed by atoms with Gasteiger partial charge in [-0.15, -0.1) is 0 Å². The highest BCUT2D eigenvalue weighted by Gasteiger charge is 2.24. The van der Waals surface area contributed by atoms with Crippen molar-refractivity contribution in [3.63, 3.8) is 0 Å². The number of nitrogens with one attached hydrogen (secondary N) is 1. The Bertz CT molecular complexity index is 641. The second-order valence-electron chi connectivity index (χ2n) is 7.54. The highest BCUT2D eigenvalue weighted by molar-refractivity contribution is 5.93. The minimum absolute atomic E-state index is 0.0443. The van der Waals surface area contributed by atoms with Gasteiger partial charge in [0.1, 0.15) is 6.54 Å². The van der Waals surface area contributed by atoms with Crippen molar-refractivity contribution in [1.82, 2.24) is 9.80 Å². The van der Waals surface area contributed by atoms with Gasteiger partial charge in [-0.1, -0.05) is 25.8 Å². The molecule has 2 aliphatic rings. The van der Waals surface area contributed by atoms with Crippen molar-refractivity contribution in [1.29, 1.82) is 0 Å². The van der Waals surface area contributed by atoms with Crippen LogP contribution in [0, 0.1) is 0 Å². The van der Waals surface area contributed by atoms with Crippen molar-refractivity contribution in [2.45, 2.75) is 45.4 Å². The van der Waals surface area contributed by atoms with Gasteiger partial charge >= 0.3 is 6.03 Å². The highest BCUT2D eigenvalue weighted by atomic mass is 16.2. The van der Waals surface area contributed by atoms with Crippen LogP contribution in [0.1, 0.15) is 45.4 Å². The van der Waals surface area contributed by atoms with Crippen molar-refractivity contribution < 1.29 is 9.59 Å². The van der Waals surface area contributed by atoms with E-state index in [1.165, 1.54) is 25.7 Å². The Morgan fingerprint density at radius 3 is 2.56 bits per heavy atom. The maximum atomic E-state index is 12.7. The predicted molar refractivity (Wildman–Crippen MR) is 109 cm³/mol. The maximum Gasteiger partial charge on any atom is 0.322 e. The number of hydrogen-bond acceptors (Lipinski definition) is 3. The van der Waals surface area contributed by atoms with Gasteiger partial charge in [0, 0.05) is 44.1 Å². The Hall–Kier alpha value is -2.24. The molecule has 0 atom stereocenters. The van der Waals surface area contributed by atoms with E-state index in [1.54, 1.807) is 4.90 Å². The van der Waals surface area contributed by atoms with Gasteiger partial charge in [-0.3, -0.25) is 4.79 Å². The van der Waals surface area contributed by atoms with Crippen LogP contribution in [-0.2, 0) is 4.79 Å². The Kier molecular flexibility index (Phi) is 6.96. The first kappa shape index (κ1) is 19.5. The molecule has 6 heteroatoms. The highest BCUT2D eigenvalue weighted by Crippen LogP contribution is 2.23. The third-order valence-electron chi connectivity index (χ3n) is 5.38. The SMILES string of the molecule is CCCN1CCCN(C(=O)Nc2cccc(N3CCCCCC3)c2)CC1=O. The quantitative estimate of drug-likeness (QED) is 0.879. The lowest BCUT2D eigenvalue weighted by Gasteiger charge is -2.24. The fraction of sp³-hybridized carbons (Fsp3) is 0.619. The maximum absolute atomic E-state index is 12.7. The molecule has 1 N–H and O–H groups in total. The van der Waals surface area contributed by atoms with Gasteiger partial charge in [0.2, 0.25) is 5.91 Å². The Labute approximate surface area is 162 Å². The summed E-state index contributed by atoms with van der Waals surface area (Å²) in [5.41, 5.74) is 1.96. The summed E-state index contributed by atoms with van der Waals surface area (Å²) in [5.74, 6) is 0.0443. The van der Waals surface area contributed by atoms with Gasteiger partial charge in [0.05, 0.1) is 0 Å². The summed E-state index contributed by atoms with van der Waals surface area (Å²) in [6.07, 6.45) is 6.81. The van der Waals surface area contributed by atoms with Crippen LogP contribution in [0.4, 0.5) is 16.2 Å². The number of hydrogen-bond donors (Lipinski definition) is 1. The molecule has 3 rings (SSSR count). The second-order valence-corrected chi connectivity index (χ2v) is 7.54. The molecule has 0 aromatic heterocycles. The molecule has 3 amide bonds. The average molecular weight is 373 g/mol. The topological polar surface area (TPSA) is 55.9 Å².